The van der Waals surface area contributed by atoms with Crippen molar-refractivity contribution in [1.29, 1.82) is 0 Å². The van der Waals surface area contributed by atoms with Crippen molar-refractivity contribution in [1.82, 2.24) is 5.32 Å². The van der Waals surface area contributed by atoms with Crippen molar-refractivity contribution >= 4 is 40.4 Å². The predicted molar refractivity (Wildman–Crippen MR) is 84.4 cm³/mol. The Balaban J connectivity index is 1.80. The zero-order chi connectivity index (χ0) is 14.4. The summed E-state index contributed by atoms with van der Waals surface area (Å²) in [5.41, 5.74) is 1.02. The molecule has 0 unspecified atom stereocenters. The Morgan fingerprint density at radius 2 is 2.10 bits per heavy atom. The third kappa shape index (κ3) is 4.57. The molecule has 2 nitrogen and oxygen atoms in total. The molecule has 1 aromatic carbocycles. The number of benzene rings is 1. The van der Waals surface area contributed by atoms with E-state index in [1.165, 1.54) is 11.3 Å². The summed E-state index contributed by atoms with van der Waals surface area (Å²) in [7, 11) is 0. The van der Waals surface area contributed by atoms with Crippen LogP contribution in [0.15, 0.2) is 35.7 Å². The standard InChI is InChI=1S/C15H11Cl2NOS/c16-13-5-3-11(10-14(13)17)7-8-18-15(19)6-4-12-2-1-9-20-12/h1-3,5,9-10H,7-8H2,(H,18,19). The summed E-state index contributed by atoms with van der Waals surface area (Å²) in [5, 5.41) is 5.72. The smallest absolute Gasteiger partial charge is 0.296 e. The SMILES string of the molecule is O=C(C#Cc1cccs1)NCCc1ccc(Cl)c(Cl)c1. The average molecular weight is 324 g/mol. The second-order valence-corrected chi connectivity index (χ2v) is 5.74. The molecule has 0 radical (unpaired) electrons. The van der Waals surface area contributed by atoms with Gasteiger partial charge in [-0.15, -0.1) is 11.3 Å². The van der Waals surface area contributed by atoms with Crippen LogP contribution in [0.5, 0.6) is 0 Å². The fourth-order valence-electron chi connectivity index (χ4n) is 1.53. The number of carbonyl (C=O) groups excluding carboxylic acids is 1. The summed E-state index contributed by atoms with van der Waals surface area (Å²) in [6.45, 7) is 0.510. The first kappa shape index (κ1) is 14.9. The minimum Gasteiger partial charge on any atom is -0.345 e. The van der Waals surface area contributed by atoms with Crippen LogP contribution in [0.1, 0.15) is 10.4 Å². The molecule has 0 atom stereocenters. The number of hydrogen-bond donors (Lipinski definition) is 1. The van der Waals surface area contributed by atoms with Gasteiger partial charge in [0, 0.05) is 12.5 Å². The Labute approximate surface area is 131 Å². The van der Waals surface area contributed by atoms with E-state index in [2.05, 4.69) is 17.2 Å². The van der Waals surface area contributed by atoms with Gasteiger partial charge >= 0.3 is 0 Å². The summed E-state index contributed by atoms with van der Waals surface area (Å²) in [6, 6.07) is 9.21. The highest BCUT2D eigenvalue weighted by Crippen LogP contribution is 2.22. The van der Waals surface area contributed by atoms with Gasteiger partial charge in [0.1, 0.15) is 0 Å². The third-order valence-electron chi connectivity index (χ3n) is 2.50. The van der Waals surface area contributed by atoms with Crippen LogP contribution in [-0.2, 0) is 11.2 Å². The van der Waals surface area contributed by atoms with E-state index in [1.807, 2.05) is 23.6 Å². The lowest BCUT2D eigenvalue weighted by Gasteiger charge is -2.03. The van der Waals surface area contributed by atoms with E-state index in [9.17, 15) is 4.79 Å². The average Bonchev–Trinajstić information content (AvgIpc) is 2.94. The molecule has 1 heterocycles. The molecule has 102 valence electrons. The highest BCUT2D eigenvalue weighted by molar-refractivity contribution is 7.10. The summed E-state index contributed by atoms with van der Waals surface area (Å²) in [6.07, 6.45) is 0.684. The van der Waals surface area contributed by atoms with Crippen LogP contribution in [0, 0.1) is 11.8 Å². The fourth-order valence-corrected chi connectivity index (χ4v) is 2.42. The Bertz CT molecular complexity index is 656. The maximum Gasteiger partial charge on any atom is 0.296 e. The Hall–Kier alpha value is -1.47. The molecule has 0 aliphatic heterocycles. The molecule has 0 bridgehead atoms. The molecule has 1 amide bonds. The van der Waals surface area contributed by atoms with Crippen LogP contribution in [0.25, 0.3) is 0 Å². The second kappa shape index (κ2) is 7.35. The van der Waals surface area contributed by atoms with Crippen LogP contribution in [0.2, 0.25) is 10.0 Å². The van der Waals surface area contributed by atoms with Crippen molar-refractivity contribution in [2.24, 2.45) is 0 Å². The van der Waals surface area contributed by atoms with E-state index in [-0.39, 0.29) is 5.91 Å². The predicted octanol–water partition coefficient (Wildman–Crippen LogP) is 3.77. The van der Waals surface area contributed by atoms with E-state index < -0.39 is 0 Å². The quantitative estimate of drug-likeness (QED) is 0.856. The minimum atomic E-state index is -0.279. The number of halogens is 2. The third-order valence-corrected chi connectivity index (χ3v) is 4.03. The molecular weight excluding hydrogens is 313 g/mol. The molecule has 5 heteroatoms. The van der Waals surface area contributed by atoms with Crippen LogP contribution in [-0.4, -0.2) is 12.5 Å². The maximum atomic E-state index is 11.5. The van der Waals surface area contributed by atoms with E-state index in [0.717, 1.165) is 10.4 Å². The molecule has 0 fully saturated rings. The molecule has 0 spiro atoms. The monoisotopic (exact) mass is 323 g/mol. The zero-order valence-electron chi connectivity index (χ0n) is 10.5. The van der Waals surface area contributed by atoms with Crippen molar-refractivity contribution in [3.8, 4) is 11.8 Å². The number of hydrogen-bond acceptors (Lipinski definition) is 2. The molecule has 0 aliphatic carbocycles. The van der Waals surface area contributed by atoms with Crippen molar-refractivity contribution in [3.05, 3.63) is 56.2 Å². The number of nitrogens with one attached hydrogen (secondary N) is 1. The van der Waals surface area contributed by atoms with E-state index >= 15 is 0 Å². The van der Waals surface area contributed by atoms with E-state index in [0.29, 0.717) is 23.0 Å². The fraction of sp³-hybridized carbons (Fsp3) is 0.133. The number of rotatable bonds is 3. The van der Waals surface area contributed by atoms with Gasteiger partial charge in [0.15, 0.2) is 0 Å². The normalized spacial score (nSPS) is 9.70. The second-order valence-electron chi connectivity index (χ2n) is 3.98. The van der Waals surface area contributed by atoms with Gasteiger partial charge in [-0.3, -0.25) is 4.79 Å². The molecule has 2 aromatic rings. The highest BCUT2D eigenvalue weighted by atomic mass is 35.5. The molecule has 20 heavy (non-hydrogen) atoms. The number of amides is 1. The van der Waals surface area contributed by atoms with Crippen molar-refractivity contribution in [3.63, 3.8) is 0 Å². The van der Waals surface area contributed by atoms with Gasteiger partial charge in [0.25, 0.3) is 5.91 Å². The molecule has 1 aromatic heterocycles. The minimum absolute atomic E-state index is 0.279. The van der Waals surface area contributed by atoms with Gasteiger partial charge < -0.3 is 5.32 Å². The van der Waals surface area contributed by atoms with Crippen LogP contribution in [0.3, 0.4) is 0 Å². The van der Waals surface area contributed by atoms with Crippen molar-refractivity contribution in [2.45, 2.75) is 6.42 Å². The molecular formula is C15H11Cl2NOS. The largest absolute Gasteiger partial charge is 0.345 e. The molecule has 0 saturated heterocycles. The highest BCUT2D eigenvalue weighted by Gasteiger charge is 2.00. The Morgan fingerprint density at radius 1 is 1.25 bits per heavy atom. The van der Waals surface area contributed by atoms with Gasteiger partial charge in [-0.05, 0) is 41.5 Å². The molecule has 2 rings (SSSR count). The maximum absolute atomic E-state index is 11.5. The Morgan fingerprint density at radius 3 is 2.80 bits per heavy atom. The lowest BCUT2D eigenvalue weighted by Crippen LogP contribution is -2.23. The van der Waals surface area contributed by atoms with Crippen LogP contribution < -0.4 is 5.32 Å². The van der Waals surface area contributed by atoms with Gasteiger partial charge in [-0.1, -0.05) is 35.3 Å². The van der Waals surface area contributed by atoms with Gasteiger partial charge in [0.05, 0.1) is 14.9 Å². The van der Waals surface area contributed by atoms with Gasteiger partial charge in [-0.2, -0.15) is 0 Å². The van der Waals surface area contributed by atoms with Gasteiger partial charge in [0.2, 0.25) is 0 Å². The first-order chi connectivity index (χ1) is 9.65. The Kier molecular flexibility index (Phi) is 5.49. The lowest BCUT2D eigenvalue weighted by molar-refractivity contribution is -0.115. The zero-order valence-corrected chi connectivity index (χ0v) is 12.8. The van der Waals surface area contributed by atoms with E-state index in [1.54, 1.807) is 12.1 Å². The summed E-state index contributed by atoms with van der Waals surface area (Å²) < 4.78 is 0. The summed E-state index contributed by atoms with van der Waals surface area (Å²) in [4.78, 5) is 12.4. The molecule has 0 saturated carbocycles. The summed E-state index contributed by atoms with van der Waals surface area (Å²) in [5.74, 6) is 5.08. The lowest BCUT2D eigenvalue weighted by atomic mass is 10.1. The first-order valence-electron chi connectivity index (χ1n) is 5.92. The van der Waals surface area contributed by atoms with Crippen molar-refractivity contribution in [2.75, 3.05) is 6.54 Å². The summed E-state index contributed by atoms with van der Waals surface area (Å²) >= 11 is 13.3. The van der Waals surface area contributed by atoms with Crippen molar-refractivity contribution < 1.29 is 4.79 Å². The topological polar surface area (TPSA) is 29.1 Å². The van der Waals surface area contributed by atoms with Gasteiger partial charge in [-0.25, -0.2) is 0 Å². The first-order valence-corrected chi connectivity index (χ1v) is 7.56. The van der Waals surface area contributed by atoms with Crippen LogP contribution >= 0.6 is 34.5 Å². The van der Waals surface area contributed by atoms with E-state index in [4.69, 9.17) is 23.2 Å². The molecule has 0 aliphatic rings. The number of thiophene rings is 1. The molecule has 1 N–H and O–H groups in total. The van der Waals surface area contributed by atoms with Crippen LogP contribution in [0.4, 0.5) is 0 Å². The number of carbonyl (C=O) groups is 1.